The summed E-state index contributed by atoms with van der Waals surface area (Å²) in [6, 6.07) is 8.84. The third kappa shape index (κ3) is 2.49. The number of hydrogen-bond donors (Lipinski definition) is 3. The van der Waals surface area contributed by atoms with Crippen LogP contribution in [0, 0.1) is 0 Å². The van der Waals surface area contributed by atoms with Gasteiger partial charge in [-0.15, -0.1) is 0 Å². The van der Waals surface area contributed by atoms with Crippen LogP contribution in [0.15, 0.2) is 40.8 Å². The van der Waals surface area contributed by atoms with Crippen LogP contribution in [0.25, 0.3) is 22.6 Å². The van der Waals surface area contributed by atoms with Gasteiger partial charge in [0.15, 0.2) is 5.58 Å². The van der Waals surface area contributed by atoms with Gasteiger partial charge in [0.1, 0.15) is 5.52 Å². The predicted octanol–water partition coefficient (Wildman–Crippen LogP) is 2.22. The average Bonchev–Trinajstić information content (AvgIpc) is 2.82. The first kappa shape index (κ1) is 14.4. The van der Waals surface area contributed by atoms with Crippen LogP contribution in [0.3, 0.4) is 0 Å². The number of fused-ring (bicyclic) bond motifs is 1. The zero-order valence-electron chi connectivity index (χ0n) is 11.2. The SMILES string of the molecule is Nc1cc2nc(-c3ccc(C(=O)O)cc3)oc2cc1[O-].[NH4+]. The Hall–Kier alpha value is -3.06. The van der Waals surface area contributed by atoms with Crippen LogP contribution >= 0.6 is 0 Å². The number of benzene rings is 2. The average molecular weight is 287 g/mol. The van der Waals surface area contributed by atoms with Gasteiger partial charge < -0.3 is 26.5 Å². The largest absolute Gasteiger partial charge is 0.871 e. The fraction of sp³-hybridized carbons (Fsp3) is 0. The van der Waals surface area contributed by atoms with E-state index < -0.39 is 5.97 Å². The monoisotopic (exact) mass is 287 g/mol. The summed E-state index contributed by atoms with van der Waals surface area (Å²) in [6.07, 6.45) is 0. The molecule has 0 radical (unpaired) electrons. The fourth-order valence-electron chi connectivity index (χ4n) is 1.85. The quantitative estimate of drug-likeness (QED) is 0.615. The summed E-state index contributed by atoms with van der Waals surface area (Å²) < 4.78 is 5.48. The zero-order valence-corrected chi connectivity index (χ0v) is 11.2. The van der Waals surface area contributed by atoms with Gasteiger partial charge >= 0.3 is 5.97 Å². The Bertz CT molecular complexity index is 770. The Balaban J connectivity index is 0.00000161. The minimum Gasteiger partial charge on any atom is -0.871 e. The van der Waals surface area contributed by atoms with Gasteiger partial charge in [-0.2, -0.15) is 0 Å². The molecule has 0 amide bonds. The lowest BCUT2D eigenvalue weighted by Crippen LogP contribution is -1.96. The van der Waals surface area contributed by atoms with Crippen LogP contribution in [0.5, 0.6) is 5.75 Å². The summed E-state index contributed by atoms with van der Waals surface area (Å²) in [5, 5.41) is 20.3. The van der Waals surface area contributed by atoms with E-state index in [1.807, 2.05) is 0 Å². The second kappa shape index (κ2) is 5.14. The third-order valence-electron chi connectivity index (χ3n) is 2.90. The number of rotatable bonds is 2. The second-order valence-corrected chi connectivity index (χ2v) is 4.26. The highest BCUT2D eigenvalue weighted by Gasteiger charge is 2.10. The Labute approximate surface area is 119 Å². The van der Waals surface area contributed by atoms with E-state index in [9.17, 15) is 9.90 Å². The number of nitrogens with two attached hydrogens (primary N) is 1. The summed E-state index contributed by atoms with van der Waals surface area (Å²) in [5.41, 5.74) is 7.27. The highest BCUT2D eigenvalue weighted by Crippen LogP contribution is 2.29. The van der Waals surface area contributed by atoms with E-state index in [1.165, 1.54) is 24.3 Å². The highest BCUT2D eigenvalue weighted by atomic mass is 16.4. The fourth-order valence-corrected chi connectivity index (χ4v) is 1.85. The number of oxazole rings is 1. The van der Waals surface area contributed by atoms with Gasteiger partial charge in [-0.3, -0.25) is 0 Å². The van der Waals surface area contributed by atoms with Crippen LogP contribution in [0.2, 0.25) is 0 Å². The normalized spacial score (nSPS) is 10.3. The number of nitrogen functional groups attached to an aromatic ring is 1. The van der Waals surface area contributed by atoms with Crippen molar-refractivity contribution in [3.05, 3.63) is 42.0 Å². The molecule has 0 unspecified atom stereocenters. The van der Waals surface area contributed by atoms with Gasteiger partial charge in [0.05, 0.1) is 5.56 Å². The molecule has 0 spiro atoms. The Morgan fingerprint density at radius 3 is 2.52 bits per heavy atom. The number of anilines is 1. The number of nitrogens with zero attached hydrogens (tertiary/aromatic N) is 1. The van der Waals surface area contributed by atoms with Gasteiger partial charge in [-0.05, 0) is 36.4 Å². The number of aromatic carboxylic acids is 1. The van der Waals surface area contributed by atoms with Crippen molar-refractivity contribution in [1.29, 1.82) is 0 Å². The number of carboxylic acid groups (broad SMARTS) is 1. The molecule has 0 aliphatic carbocycles. The molecule has 0 saturated heterocycles. The molecule has 3 aromatic rings. The van der Waals surface area contributed by atoms with Crippen molar-refractivity contribution >= 4 is 22.8 Å². The Morgan fingerprint density at radius 1 is 1.24 bits per heavy atom. The molecule has 0 bridgehead atoms. The van der Waals surface area contributed by atoms with Crippen molar-refractivity contribution in [3.63, 3.8) is 0 Å². The molecule has 2 aromatic carbocycles. The first-order valence-electron chi connectivity index (χ1n) is 5.75. The van der Waals surface area contributed by atoms with Crippen LogP contribution in [-0.2, 0) is 0 Å². The van der Waals surface area contributed by atoms with Crippen molar-refractivity contribution in [2.45, 2.75) is 0 Å². The van der Waals surface area contributed by atoms with Crippen molar-refractivity contribution in [2.75, 3.05) is 5.73 Å². The highest BCUT2D eigenvalue weighted by molar-refractivity contribution is 5.88. The zero-order chi connectivity index (χ0) is 14.3. The van der Waals surface area contributed by atoms with E-state index in [-0.39, 0.29) is 23.2 Å². The summed E-state index contributed by atoms with van der Waals surface area (Å²) in [5.74, 6) is -1.01. The lowest BCUT2D eigenvalue weighted by molar-refractivity contribution is -0.266. The van der Waals surface area contributed by atoms with Crippen molar-refractivity contribution in [2.24, 2.45) is 0 Å². The maximum absolute atomic E-state index is 11.4. The number of hydrogen-bond acceptors (Lipinski definition) is 5. The lowest BCUT2D eigenvalue weighted by Gasteiger charge is -2.06. The number of carboxylic acids is 1. The minimum atomic E-state index is -1.00. The van der Waals surface area contributed by atoms with Gasteiger partial charge in [-0.25, -0.2) is 9.78 Å². The van der Waals surface area contributed by atoms with E-state index in [2.05, 4.69) is 4.98 Å². The Kier molecular flexibility index (Phi) is 3.51. The molecular formula is C14H13N3O4. The summed E-state index contributed by atoms with van der Waals surface area (Å²) >= 11 is 0. The molecule has 7 nitrogen and oxygen atoms in total. The standard InChI is InChI=1S/C14H10N2O4.H3N/c15-9-5-10-12(6-11(9)17)20-13(16-10)7-1-3-8(4-2-7)14(18)19;/h1-6,17H,15H2,(H,18,19);1H3. The van der Waals surface area contributed by atoms with Crippen LogP contribution in [0.1, 0.15) is 10.4 Å². The summed E-state index contributed by atoms with van der Waals surface area (Å²) in [6.45, 7) is 0. The van der Waals surface area contributed by atoms with E-state index in [0.717, 1.165) is 0 Å². The molecule has 1 aromatic heterocycles. The molecule has 108 valence electrons. The van der Waals surface area contributed by atoms with E-state index in [0.29, 0.717) is 22.6 Å². The molecule has 0 atom stereocenters. The lowest BCUT2D eigenvalue weighted by atomic mass is 10.1. The summed E-state index contributed by atoms with van der Waals surface area (Å²) in [4.78, 5) is 15.0. The Morgan fingerprint density at radius 2 is 1.90 bits per heavy atom. The van der Waals surface area contributed by atoms with Gasteiger partial charge in [0, 0.05) is 11.3 Å². The smallest absolute Gasteiger partial charge is 0.335 e. The van der Waals surface area contributed by atoms with Crippen molar-refractivity contribution in [3.8, 4) is 17.2 Å². The van der Waals surface area contributed by atoms with Gasteiger partial charge in [0.2, 0.25) is 5.89 Å². The molecule has 7 heteroatoms. The molecule has 0 saturated carbocycles. The second-order valence-electron chi connectivity index (χ2n) is 4.26. The number of carbonyl (C=O) groups is 1. The predicted molar refractivity (Wildman–Crippen MR) is 76.2 cm³/mol. The summed E-state index contributed by atoms with van der Waals surface area (Å²) in [7, 11) is 0. The minimum absolute atomic E-state index is 0. The maximum atomic E-state index is 11.4. The first-order valence-corrected chi connectivity index (χ1v) is 5.75. The van der Waals surface area contributed by atoms with E-state index >= 15 is 0 Å². The first-order chi connectivity index (χ1) is 9.54. The maximum Gasteiger partial charge on any atom is 0.335 e. The van der Waals surface area contributed by atoms with E-state index in [1.54, 1.807) is 12.1 Å². The number of aromatic nitrogens is 1. The van der Waals surface area contributed by atoms with Crippen LogP contribution in [0.4, 0.5) is 5.69 Å². The van der Waals surface area contributed by atoms with E-state index in [4.69, 9.17) is 15.3 Å². The van der Waals surface area contributed by atoms with Crippen LogP contribution in [-0.4, -0.2) is 16.1 Å². The molecule has 0 aliphatic rings. The van der Waals surface area contributed by atoms with Crippen molar-refractivity contribution < 1.29 is 19.4 Å². The van der Waals surface area contributed by atoms with Crippen molar-refractivity contribution in [1.82, 2.24) is 11.1 Å². The topological polar surface area (TPSA) is 149 Å². The molecule has 1 heterocycles. The van der Waals surface area contributed by atoms with Gasteiger partial charge in [0.25, 0.3) is 0 Å². The molecular weight excluding hydrogens is 274 g/mol. The number of quaternary nitrogens is 1. The molecule has 21 heavy (non-hydrogen) atoms. The van der Waals surface area contributed by atoms with Gasteiger partial charge in [-0.1, -0.05) is 5.75 Å². The molecule has 3 rings (SSSR count). The third-order valence-corrected chi connectivity index (χ3v) is 2.90. The molecule has 0 fully saturated rings. The van der Waals surface area contributed by atoms with Crippen LogP contribution < -0.4 is 17.0 Å². The molecule has 7 N–H and O–H groups in total. The molecule has 0 aliphatic heterocycles.